The third-order valence-corrected chi connectivity index (χ3v) is 4.31. The number of benzene rings is 1. The van der Waals surface area contributed by atoms with E-state index in [4.69, 9.17) is 9.47 Å². The summed E-state index contributed by atoms with van der Waals surface area (Å²) in [5.74, 6) is 0.332. The Hall–Kier alpha value is -1.55. The zero-order valence-corrected chi connectivity index (χ0v) is 12.4. The standard InChI is InChI=1S/C17H23NO3/c19-17(11-16-7-4-10-20-16)21-13-14-8-9-18(12-14)15-5-2-1-3-6-15/h1-3,5-6,14,16H,4,7-13H2/t14-,16-/m0/s1. The van der Waals surface area contributed by atoms with Crippen molar-refractivity contribution in [2.24, 2.45) is 5.92 Å². The second-order valence-corrected chi connectivity index (χ2v) is 5.96. The first kappa shape index (κ1) is 14.4. The van der Waals surface area contributed by atoms with Gasteiger partial charge in [0.15, 0.2) is 0 Å². The minimum atomic E-state index is -0.111. The molecule has 3 rings (SSSR count). The molecule has 2 saturated heterocycles. The summed E-state index contributed by atoms with van der Waals surface area (Å²) in [6.07, 6.45) is 3.63. The summed E-state index contributed by atoms with van der Waals surface area (Å²) in [4.78, 5) is 14.2. The van der Waals surface area contributed by atoms with Gasteiger partial charge in [-0.25, -0.2) is 0 Å². The highest BCUT2D eigenvalue weighted by Gasteiger charge is 2.25. The fourth-order valence-electron chi connectivity index (χ4n) is 3.10. The van der Waals surface area contributed by atoms with Crippen molar-refractivity contribution in [3.8, 4) is 0 Å². The van der Waals surface area contributed by atoms with Gasteiger partial charge in [0, 0.05) is 31.3 Å². The van der Waals surface area contributed by atoms with Crippen molar-refractivity contribution in [2.75, 3.05) is 31.2 Å². The molecule has 2 fully saturated rings. The van der Waals surface area contributed by atoms with Crippen molar-refractivity contribution < 1.29 is 14.3 Å². The quantitative estimate of drug-likeness (QED) is 0.781. The molecule has 0 bridgehead atoms. The molecular formula is C17H23NO3. The Morgan fingerprint density at radius 2 is 2.14 bits per heavy atom. The van der Waals surface area contributed by atoms with Gasteiger partial charge in [-0.3, -0.25) is 4.79 Å². The molecule has 114 valence electrons. The second kappa shape index (κ2) is 6.94. The maximum atomic E-state index is 11.8. The van der Waals surface area contributed by atoms with E-state index in [1.807, 2.05) is 6.07 Å². The molecule has 0 N–H and O–H groups in total. The first-order valence-electron chi connectivity index (χ1n) is 7.88. The van der Waals surface area contributed by atoms with E-state index in [0.717, 1.165) is 39.0 Å². The fraction of sp³-hybridized carbons (Fsp3) is 0.588. The first-order chi connectivity index (χ1) is 10.3. The molecule has 2 atom stereocenters. The van der Waals surface area contributed by atoms with Crippen LogP contribution in [-0.4, -0.2) is 38.4 Å². The average molecular weight is 289 g/mol. The van der Waals surface area contributed by atoms with Crippen LogP contribution in [0.2, 0.25) is 0 Å². The van der Waals surface area contributed by atoms with Crippen molar-refractivity contribution >= 4 is 11.7 Å². The average Bonchev–Trinajstić information content (AvgIpc) is 3.17. The molecule has 0 aliphatic carbocycles. The summed E-state index contributed by atoms with van der Waals surface area (Å²) in [5.41, 5.74) is 1.26. The van der Waals surface area contributed by atoms with Crippen LogP contribution in [0.3, 0.4) is 0 Å². The van der Waals surface area contributed by atoms with E-state index in [1.165, 1.54) is 5.69 Å². The van der Waals surface area contributed by atoms with E-state index in [9.17, 15) is 4.79 Å². The first-order valence-corrected chi connectivity index (χ1v) is 7.88. The number of hydrogen-bond acceptors (Lipinski definition) is 4. The molecule has 2 aliphatic heterocycles. The Kier molecular flexibility index (Phi) is 4.76. The molecule has 0 spiro atoms. The van der Waals surface area contributed by atoms with Crippen molar-refractivity contribution in [3.63, 3.8) is 0 Å². The summed E-state index contributed by atoms with van der Waals surface area (Å²) in [6, 6.07) is 10.4. The van der Waals surface area contributed by atoms with Crippen LogP contribution in [0.1, 0.15) is 25.7 Å². The molecule has 0 amide bonds. The molecule has 0 saturated carbocycles. The lowest BCUT2D eigenvalue weighted by molar-refractivity contribution is -0.147. The molecule has 4 nitrogen and oxygen atoms in total. The van der Waals surface area contributed by atoms with Gasteiger partial charge in [-0.2, -0.15) is 0 Å². The van der Waals surface area contributed by atoms with Crippen LogP contribution >= 0.6 is 0 Å². The lowest BCUT2D eigenvalue weighted by atomic mass is 10.1. The smallest absolute Gasteiger partial charge is 0.308 e. The van der Waals surface area contributed by atoms with E-state index >= 15 is 0 Å². The van der Waals surface area contributed by atoms with Crippen LogP contribution in [0.5, 0.6) is 0 Å². The van der Waals surface area contributed by atoms with Gasteiger partial charge < -0.3 is 14.4 Å². The minimum absolute atomic E-state index is 0.0851. The highest BCUT2D eigenvalue weighted by atomic mass is 16.5. The van der Waals surface area contributed by atoms with Crippen molar-refractivity contribution in [1.82, 2.24) is 0 Å². The van der Waals surface area contributed by atoms with Gasteiger partial charge in [-0.15, -0.1) is 0 Å². The van der Waals surface area contributed by atoms with Crippen LogP contribution < -0.4 is 4.90 Å². The van der Waals surface area contributed by atoms with Gasteiger partial charge in [0.25, 0.3) is 0 Å². The van der Waals surface area contributed by atoms with Gasteiger partial charge in [0.1, 0.15) is 0 Å². The zero-order chi connectivity index (χ0) is 14.5. The second-order valence-electron chi connectivity index (χ2n) is 5.96. The lowest BCUT2D eigenvalue weighted by Crippen LogP contribution is -2.23. The Balaban J connectivity index is 1.39. The summed E-state index contributed by atoms with van der Waals surface area (Å²) in [5, 5.41) is 0. The lowest BCUT2D eigenvalue weighted by Gasteiger charge is -2.18. The molecule has 2 heterocycles. The van der Waals surface area contributed by atoms with Gasteiger partial charge in [0.2, 0.25) is 0 Å². The predicted octanol–water partition coefficient (Wildman–Crippen LogP) is 2.63. The number of carbonyl (C=O) groups is 1. The minimum Gasteiger partial charge on any atom is -0.465 e. The number of rotatable bonds is 5. The van der Waals surface area contributed by atoms with E-state index in [0.29, 0.717) is 18.9 Å². The van der Waals surface area contributed by atoms with Crippen LogP contribution in [0.15, 0.2) is 30.3 Å². The predicted molar refractivity (Wildman–Crippen MR) is 81.3 cm³/mol. The maximum absolute atomic E-state index is 11.8. The Bertz CT molecular complexity index is 456. The number of ether oxygens (including phenoxy) is 2. The van der Waals surface area contributed by atoms with Gasteiger partial charge >= 0.3 is 5.97 Å². The van der Waals surface area contributed by atoms with E-state index in [2.05, 4.69) is 29.2 Å². The third-order valence-electron chi connectivity index (χ3n) is 4.31. The largest absolute Gasteiger partial charge is 0.465 e. The molecule has 2 aliphatic rings. The number of esters is 1. The SMILES string of the molecule is O=C(C[C@@H]1CCCO1)OC[C@H]1CCN(c2ccccc2)C1. The zero-order valence-electron chi connectivity index (χ0n) is 12.4. The number of nitrogens with zero attached hydrogens (tertiary/aromatic N) is 1. The topological polar surface area (TPSA) is 38.8 Å². The van der Waals surface area contributed by atoms with E-state index < -0.39 is 0 Å². The van der Waals surface area contributed by atoms with E-state index in [-0.39, 0.29) is 12.1 Å². The number of hydrogen-bond donors (Lipinski definition) is 0. The highest BCUT2D eigenvalue weighted by molar-refractivity contribution is 5.70. The monoisotopic (exact) mass is 289 g/mol. The van der Waals surface area contributed by atoms with Gasteiger partial charge in [0.05, 0.1) is 19.1 Å². The molecule has 21 heavy (non-hydrogen) atoms. The molecule has 0 unspecified atom stereocenters. The Morgan fingerprint density at radius 3 is 2.90 bits per heavy atom. The molecule has 1 aromatic carbocycles. The number of carbonyl (C=O) groups excluding carboxylic acids is 1. The Morgan fingerprint density at radius 1 is 1.29 bits per heavy atom. The molecule has 0 aromatic heterocycles. The van der Waals surface area contributed by atoms with E-state index in [1.54, 1.807) is 0 Å². The molecule has 4 heteroatoms. The summed E-state index contributed by atoms with van der Waals surface area (Å²) >= 11 is 0. The van der Waals surface area contributed by atoms with Crippen molar-refractivity contribution in [3.05, 3.63) is 30.3 Å². The van der Waals surface area contributed by atoms with Gasteiger partial charge in [-0.05, 0) is 31.4 Å². The van der Waals surface area contributed by atoms with Crippen LogP contribution in [0.25, 0.3) is 0 Å². The van der Waals surface area contributed by atoms with Crippen molar-refractivity contribution in [1.29, 1.82) is 0 Å². The highest BCUT2D eigenvalue weighted by Crippen LogP contribution is 2.24. The van der Waals surface area contributed by atoms with Crippen LogP contribution in [-0.2, 0) is 14.3 Å². The van der Waals surface area contributed by atoms with Gasteiger partial charge in [-0.1, -0.05) is 18.2 Å². The molecule has 0 radical (unpaired) electrons. The van der Waals surface area contributed by atoms with Crippen LogP contribution in [0, 0.1) is 5.92 Å². The fourth-order valence-corrected chi connectivity index (χ4v) is 3.10. The summed E-state index contributed by atoms with van der Waals surface area (Å²) in [6.45, 7) is 3.33. The number of anilines is 1. The van der Waals surface area contributed by atoms with Crippen molar-refractivity contribution in [2.45, 2.75) is 31.8 Å². The maximum Gasteiger partial charge on any atom is 0.308 e. The normalized spacial score (nSPS) is 25.2. The molecular weight excluding hydrogens is 266 g/mol. The summed E-state index contributed by atoms with van der Waals surface area (Å²) in [7, 11) is 0. The molecule has 1 aromatic rings. The van der Waals surface area contributed by atoms with Crippen LogP contribution in [0.4, 0.5) is 5.69 Å². The third kappa shape index (κ3) is 3.97. The Labute approximate surface area is 126 Å². The summed E-state index contributed by atoms with van der Waals surface area (Å²) < 4.78 is 10.9. The number of para-hydroxylation sites is 1.